The number of nitrogens with one attached hydrogen (secondary N) is 1. The number of halogens is 2. The SMILES string of the molecule is Cn1c(-c2ccc(Cl)cc2)nn(C[NH+](C)Cc2ccc(F)cc2)c1=S. The smallest absolute Gasteiger partial charge is 0.202 e. The maximum absolute atomic E-state index is 13.0. The Balaban J connectivity index is 1.78. The van der Waals surface area contributed by atoms with Crippen LogP contribution < -0.4 is 4.90 Å². The summed E-state index contributed by atoms with van der Waals surface area (Å²) in [5.41, 5.74) is 2.03. The number of benzene rings is 2. The highest BCUT2D eigenvalue weighted by molar-refractivity contribution is 7.71. The van der Waals surface area contributed by atoms with Crippen LogP contribution in [0, 0.1) is 10.6 Å². The maximum atomic E-state index is 13.0. The molecule has 4 nitrogen and oxygen atoms in total. The van der Waals surface area contributed by atoms with E-state index in [1.54, 1.807) is 12.1 Å². The number of hydrogen-bond acceptors (Lipinski definition) is 2. The van der Waals surface area contributed by atoms with Crippen molar-refractivity contribution in [1.29, 1.82) is 0 Å². The molecular weight excluding hydrogens is 359 g/mol. The molecule has 0 aliphatic rings. The molecule has 2 aromatic carbocycles. The lowest BCUT2D eigenvalue weighted by Crippen LogP contribution is -3.07. The molecule has 1 aromatic heterocycles. The van der Waals surface area contributed by atoms with E-state index in [1.165, 1.54) is 17.0 Å². The van der Waals surface area contributed by atoms with E-state index in [0.29, 0.717) is 16.5 Å². The van der Waals surface area contributed by atoms with Crippen molar-refractivity contribution in [3.05, 3.63) is 69.7 Å². The van der Waals surface area contributed by atoms with Gasteiger partial charge >= 0.3 is 0 Å². The lowest BCUT2D eigenvalue weighted by molar-refractivity contribution is -0.917. The number of hydrogen-bond donors (Lipinski definition) is 1. The number of aromatic nitrogens is 3. The molecule has 25 heavy (non-hydrogen) atoms. The van der Waals surface area contributed by atoms with Gasteiger partial charge in [-0.3, -0.25) is 0 Å². The van der Waals surface area contributed by atoms with Crippen LogP contribution in [0.25, 0.3) is 11.4 Å². The van der Waals surface area contributed by atoms with Crippen molar-refractivity contribution in [3.63, 3.8) is 0 Å². The van der Waals surface area contributed by atoms with Crippen LogP contribution >= 0.6 is 23.8 Å². The zero-order valence-corrected chi connectivity index (χ0v) is 15.6. The van der Waals surface area contributed by atoms with E-state index in [-0.39, 0.29) is 5.82 Å². The molecule has 0 spiro atoms. The fourth-order valence-electron chi connectivity index (χ4n) is 2.70. The molecule has 0 radical (unpaired) electrons. The van der Waals surface area contributed by atoms with Crippen molar-refractivity contribution in [1.82, 2.24) is 14.3 Å². The predicted octanol–water partition coefficient (Wildman–Crippen LogP) is 3.08. The van der Waals surface area contributed by atoms with Gasteiger partial charge in [-0.05, 0) is 48.6 Å². The van der Waals surface area contributed by atoms with Gasteiger partial charge < -0.3 is 9.47 Å². The molecule has 1 unspecified atom stereocenters. The lowest BCUT2D eigenvalue weighted by Gasteiger charge is -2.13. The van der Waals surface area contributed by atoms with Crippen LogP contribution in [0.1, 0.15) is 5.56 Å². The van der Waals surface area contributed by atoms with Crippen molar-refractivity contribution < 1.29 is 9.29 Å². The third kappa shape index (κ3) is 4.15. The zero-order valence-electron chi connectivity index (χ0n) is 14.0. The largest absolute Gasteiger partial charge is 0.315 e. The highest BCUT2D eigenvalue weighted by Gasteiger charge is 2.13. The van der Waals surface area contributed by atoms with Crippen LogP contribution in [0.2, 0.25) is 5.02 Å². The van der Waals surface area contributed by atoms with E-state index in [9.17, 15) is 4.39 Å². The molecule has 1 N–H and O–H groups in total. The summed E-state index contributed by atoms with van der Waals surface area (Å²) in [7, 11) is 3.97. The third-order valence-electron chi connectivity index (χ3n) is 3.98. The van der Waals surface area contributed by atoms with Crippen molar-refractivity contribution >= 4 is 23.8 Å². The van der Waals surface area contributed by atoms with Gasteiger partial charge in [-0.25, -0.2) is 4.39 Å². The van der Waals surface area contributed by atoms with E-state index >= 15 is 0 Å². The summed E-state index contributed by atoms with van der Waals surface area (Å²) in [6, 6.07) is 14.1. The van der Waals surface area contributed by atoms with Crippen LogP contribution in [-0.4, -0.2) is 21.4 Å². The quantitative estimate of drug-likeness (QED) is 0.692. The Bertz CT molecular complexity index is 916. The Kier molecular flexibility index (Phi) is 5.32. The van der Waals surface area contributed by atoms with Gasteiger partial charge in [-0.2, -0.15) is 4.68 Å². The van der Waals surface area contributed by atoms with Gasteiger partial charge in [0.1, 0.15) is 12.4 Å². The van der Waals surface area contributed by atoms with Crippen LogP contribution in [0.5, 0.6) is 0 Å². The molecule has 0 fully saturated rings. The normalized spacial score (nSPS) is 12.3. The standard InChI is InChI=1S/C18H18ClFN4S/c1-22(11-13-3-9-16(20)10-4-13)12-24-18(25)23(2)17(21-24)14-5-7-15(19)8-6-14/h3-10H,11-12H2,1-2H3/p+1. The minimum Gasteiger partial charge on any atom is -0.315 e. The monoisotopic (exact) mass is 377 g/mol. The fraction of sp³-hybridized carbons (Fsp3) is 0.222. The molecule has 130 valence electrons. The van der Waals surface area contributed by atoms with Gasteiger partial charge in [0.05, 0.1) is 7.05 Å². The number of quaternary nitrogens is 1. The molecule has 0 aliphatic heterocycles. The molecule has 0 saturated carbocycles. The molecule has 0 saturated heterocycles. The van der Waals surface area contributed by atoms with E-state index in [2.05, 4.69) is 12.1 Å². The van der Waals surface area contributed by atoms with E-state index in [0.717, 1.165) is 23.5 Å². The van der Waals surface area contributed by atoms with Crippen LogP contribution in [-0.2, 0) is 20.3 Å². The second-order valence-electron chi connectivity index (χ2n) is 6.09. The molecule has 3 rings (SSSR count). The minimum absolute atomic E-state index is 0.221. The summed E-state index contributed by atoms with van der Waals surface area (Å²) >= 11 is 11.5. The summed E-state index contributed by atoms with van der Waals surface area (Å²) in [6.45, 7) is 1.38. The molecule has 0 bridgehead atoms. The van der Waals surface area contributed by atoms with Crippen molar-refractivity contribution in [2.24, 2.45) is 7.05 Å². The van der Waals surface area contributed by atoms with Crippen LogP contribution in [0.4, 0.5) is 4.39 Å². The van der Waals surface area contributed by atoms with Gasteiger partial charge in [0.2, 0.25) is 4.77 Å². The first-order chi connectivity index (χ1) is 11.9. The molecule has 1 atom stereocenters. The Labute approximate surface area is 156 Å². The Morgan fingerprint density at radius 1 is 1.12 bits per heavy atom. The summed E-state index contributed by atoms with van der Waals surface area (Å²) in [5.74, 6) is 0.581. The Morgan fingerprint density at radius 3 is 2.40 bits per heavy atom. The van der Waals surface area contributed by atoms with Crippen molar-refractivity contribution in [3.8, 4) is 11.4 Å². The summed E-state index contributed by atoms with van der Waals surface area (Å²) < 4.78 is 17.4. The van der Waals surface area contributed by atoms with Gasteiger partial charge in [-0.15, -0.1) is 5.10 Å². The fourth-order valence-corrected chi connectivity index (χ4v) is 3.02. The predicted molar refractivity (Wildman–Crippen MR) is 99.5 cm³/mol. The molecule has 7 heteroatoms. The lowest BCUT2D eigenvalue weighted by atomic mass is 10.2. The van der Waals surface area contributed by atoms with E-state index in [1.807, 2.05) is 40.6 Å². The topological polar surface area (TPSA) is 27.2 Å². The first-order valence-corrected chi connectivity index (χ1v) is 8.68. The summed E-state index contributed by atoms with van der Waals surface area (Å²) in [5, 5.41) is 5.34. The van der Waals surface area contributed by atoms with Gasteiger partial charge in [0, 0.05) is 23.2 Å². The van der Waals surface area contributed by atoms with Gasteiger partial charge in [-0.1, -0.05) is 23.7 Å². The van der Waals surface area contributed by atoms with Crippen molar-refractivity contribution in [2.75, 3.05) is 7.05 Å². The second kappa shape index (κ2) is 7.47. The third-order valence-corrected chi connectivity index (χ3v) is 4.72. The van der Waals surface area contributed by atoms with E-state index in [4.69, 9.17) is 23.8 Å². The van der Waals surface area contributed by atoms with E-state index < -0.39 is 0 Å². The molecular formula is C18H19ClFN4S+. The first kappa shape index (κ1) is 17.8. The highest BCUT2D eigenvalue weighted by atomic mass is 35.5. The minimum atomic E-state index is -0.221. The Hall–Kier alpha value is -2.02. The zero-order chi connectivity index (χ0) is 18.0. The van der Waals surface area contributed by atoms with Gasteiger partial charge in [0.15, 0.2) is 12.5 Å². The average Bonchev–Trinajstić information content (AvgIpc) is 2.86. The van der Waals surface area contributed by atoms with Crippen LogP contribution in [0.3, 0.4) is 0 Å². The van der Waals surface area contributed by atoms with Crippen molar-refractivity contribution in [2.45, 2.75) is 13.2 Å². The highest BCUT2D eigenvalue weighted by Crippen LogP contribution is 2.19. The summed E-state index contributed by atoms with van der Waals surface area (Å²) in [4.78, 5) is 1.20. The first-order valence-electron chi connectivity index (χ1n) is 7.89. The van der Waals surface area contributed by atoms with Gasteiger partial charge in [0.25, 0.3) is 0 Å². The second-order valence-corrected chi connectivity index (χ2v) is 6.89. The molecule has 1 heterocycles. The maximum Gasteiger partial charge on any atom is 0.202 e. The number of nitrogens with zero attached hydrogens (tertiary/aromatic N) is 3. The average molecular weight is 378 g/mol. The molecule has 0 amide bonds. The number of rotatable bonds is 5. The van der Waals surface area contributed by atoms with Crippen LogP contribution in [0.15, 0.2) is 48.5 Å². The molecule has 3 aromatic rings. The summed E-state index contributed by atoms with van der Waals surface area (Å²) in [6.07, 6.45) is 0. The molecule has 0 aliphatic carbocycles. The Morgan fingerprint density at radius 2 is 1.76 bits per heavy atom.